The van der Waals surface area contributed by atoms with Crippen LogP contribution < -0.4 is 0 Å². The summed E-state index contributed by atoms with van der Waals surface area (Å²) in [7, 11) is 2.16. The molecular formula is C21H30N2O3. The Balaban J connectivity index is 1.51. The van der Waals surface area contributed by atoms with Crippen molar-refractivity contribution in [3.8, 4) is 0 Å². The predicted molar refractivity (Wildman–Crippen MR) is 101 cm³/mol. The molecule has 142 valence electrons. The largest absolute Gasteiger partial charge is 0.478 e. The maximum Gasteiger partial charge on any atom is 0.335 e. The first-order chi connectivity index (χ1) is 12.5. The van der Waals surface area contributed by atoms with Crippen LogP contribution in [0.25, 0.3) is 0 Å². The molecule has 1 N–H and O–H groups in total. The summed E-state index contributed by atoms with van der Waals surface area (Å²) in [5, 5.41) is 9.03. The van der Waals surface area contributed by atoms with Gasteiger partial charge in [-0.2, -0.15) is 0 Å². The van der Waals surface area contributed by atoms with Gasteiger partial charge in [0.1, 0.15) is 0 Å². The van der Waals surface area contributed by atoms with Crippen molar-refractivity contribution in [2.75, 3.05) is 33.2 Å². The molecule has 3 rings (SSSR count). The van der Waals surface area contributed by atoms with Crippen LogP contribution in [0.15, 0.2) is 24.3 Å². The van der Waals surface area contributed by atoms with Gasteiger partial charge in [-0.1, -0.05) is 12.1 Å². The summed E-state index contributed by atoms with van der Waals surface area (Å²) < 4.78 is 0. The van der Waals surface area contributed by atoms with Gasteiger partial charge >= 0.3 is 5.97 Å². The molecule has 1 atom stereocenters. The monoisotopic (exact) mass is 358 g/mol. The van der Waals surface area contributed by atoms with Gasteiger partial charge in [0.15, 0.2) is 0 Å². The second kappa shape index (κ2) is 8.67. The maximum atomic E-state index is 12.7. The molecule has 0 unspecified atom stereocenters. The molecule has 0 bridgehead atoms. The molecule has 2 saturated heterocycles. The van der Waals surface area contributed by atoms with Crippen molar-refractivity contribution in [2.24, 2.45) is 5.92 Å². The quantitative estimate of drug-likeness (QED) is 0.878. The Hall–Kier alpha value is -1.88. The Kier molecular flexibility index (Phi) is 6.30. The van der Waals surface area contributed by atoms with E-state index in [1.165, 1.54) is 12.8 Å². The second-order valence-electron chi connectivity index (χ2n) is 7.89. The van der Waals surface area contributed by atoms with Gasteiger partial charge in [-0.05, 0) is 75.9 Å². The topological polar surface area (TPSA) is 60.9 Å². The zero-order chi connectivity index (χ0) is 18.5. The van der Waals surface area contributed by atoms with E-state index in [1.54, 1.807) is 12.1 Å². The van der Waals surface area contributed by atoms with Gasteiger partial charge < -0.3 is 14.9 Å². The van der Waals surface area contributed by atoms with Gasteiger partial charge in [0.25, 0.3) is 0 Å². The number of carbonyl (C=O) groups is 2. The second-order valence-corrected chi connectivity index (χ2v) is 7.89. The lowest BCUT2D eigenvalue weighted by Crippen LogP contribution is -2.39. The number of likely N-dealkylation sites (tertiary alicyclic amines) is 2. The smallest absolute Gasteiger partial charge is 0.335 e. The van der Waals surface area contributed by atoms with Crippen molar-refractivity contribution in [3.63, 3.8) is 0 Å². The Morgan fingerprint density at radius 2 is 1.77 bits per heavy atom. The summed E-state index contributed by atoms with van der Waals surface area (Å²) >= 11 is 0. The molecule has 0 aromatic heterocycles. The zero-order valence-electron chi connectivity index (χ0n) is 15.7. The Bertz CT molecular complexity index is 621. The molecule has 0 saturated carbocycles. The molecule has 1 aromatic rings. The number of hydrogen-bond acceptors (Lipinski definition) is 3. The van der Waals surface area contributed by atoms with Crippen LogP contribution in [0.1, 0.15) is 60.4 Å². The third kappa shape index (κ3) is 4.85. The first-order valence-electron chi connectivity index (χ1n) is 9.82. The van der Waals surface area contributed by atoms with Gasteiger partial charge in [-0.25, -0.2) is 4.79 Å². The summed E-state index contributed by atoms with van der Waals surface area (Å²) in [6.07, 6.45) is 6.18. The highest BCUT2D eigenvalue weighted by molar-refractivity contribution is 5.87. The number of carboxylic acid groups (broad SMARTS) is 1. The Labute approximate surface area is 156 Å². The summed E-state index contributed by atoms with van der Waals surface area (Å²) in [6.45, 7) is 3.92. The van der Waals surface area contributed by atoms with Gasteiger partial charge in [-0.3, -0.25) is 4.79 Å². The van der Waals surface area contributed by atoms with Gasteiger partial charge in [0.2, 0.25) is 5.91 Å². The molecule has 2 fully saturated rings. The lowest BCUT2D eigenvalue weighted by Gasteiger charge is -2.34. The number of hydrogen-bond donors (Lipinski definition) is 1. The van der Waals surface area contributed by atoms with Crippen LogP contribution in [0.5, 0.6) is 0 Å². The number of rotatable bonds is 5. The van der Waals surface area contributed by atoms with Crippen molar-refractivity contribution in [1.82, 2.24) is 9.80 Å². The first-order valence-corrected chi connectivity index (χ1v) is 9.82. The average molecular weight is 358 g/mol. The lowest BCUT2D eigenvalue weighted by atomic mass is 9.89. The minimum atomic E-state index is -0.897. The molecular weight excluding hydrogens is 328 g/mol. The fourth-order valence-corrected chi connectivity index (χ4v) is 4.21. The SMILES string of the molecule is CN1CCC(CCC(=O)N2CCC[C@H](c3ccc(C(=O)O)cc3)C2)CC1. The Morgan fingerprint density at radius 3 is 2.42 bits per heavy atom. The highest BCUT2D eigenvalue weighted by atomic mass is 16.4. The third-order valence-electron chi connectivity index (χ3n) is 6.01. The normalized spacial score (nSPS) is 22.3. The summed E-state index contributed by atoms with van der Waals surface area (Å²) in [5.74, 6) is 0.403. The number of aromatic carboxylic acids is 1. The number of piperidine rings is 2. The number of nitrogens with zero attached hydrogens (tertiary/aromatic N) is 2. The van der Waals surface area contributed by atoms with Crippen molar-refractivity contribution < 1.29 is 14.7 Å². The number of amides is 1. The van der Waals surface area contributed by atoms with Crippen LogP contribution in [0.4, 0.5) is 0 Å². The summed E-state index contributed by atoms with van der Waals surface area (Å²) in [4.78, 5) is 28.0. The molecule has 5 heteroatoms. The Morgan fingerprint density at radius 1 is 1.08 bits per heavy atom. The van der Waals surface area contributed by atoms with Crippen molar-refractivity contribution in [2.45, 2.75) is 44.4 Å². The third-order valence-corrected chi connectivity index (χ3v) is 6.01. The van der Waals surface area contributed by atoms with Crippen LogP contribution in [0.3, 0.4) is 0 Å². The molecule has 0 spiro atoms. The van der Waals surface area contributed by atoms with Crippen LogP contribution >= 0.6 is 0 Å². The van der Waals surface area contributed by atoms with E-state index in [4.69, 9.17) is 5.11 Å². The fourth-order valence-electron chi connectivity index (χ4n) is 4.21. The van der Waals surface area contributed by atoms with E-state index in [9.17, 15) is 9.59 Å². The fraction of sp³-hybridized carbons (Fsp3) is 0.619. The van der Waals surface area contributed by atoms with E-state index < -0.39 is 5.97 Å². The molecule has 0 radical (unpaired) electrons. The molecule has 26 heavy (non-hydrogen) atoms. The molecule has 2 aliphatic rings. The van der Waals surface area contributed by atoms with Crippen LogP contribution in [0, 0.1) is 5.92 Å². The summed E-state index contributed by atoms with van der Waals surface area (Å²) in [5.41, 5.74) is 1.46. The molecule has 5 nitrogen and oxygen atoms in total. The maximum absolute atomic E-state index is 12.7. The first kappa shape index (κ1) is 18.9. The van der Waals surface area contributed by atoms with Gasteiger partial charge in [0.05, 0.1) is 5.56 Å². The molecule has 2 heterocycles. The number of carboxylic acids is 1. The van der Waals surface area contributed by atoms with Crippen molar-refractivity contribution >= 4 is 11.9 Å². The molecule has 0 aliphatic carbocycles. The van der Waals surface area contributed by atoms with Crippen LogP contribution in [-0.4, -0.2) is 60.0 Å². The van der Waals surface area contributed by atoms with Crippen molar-refractivity contribution in [1.29, 1.82) is 0 Å². The van der Waals surface area contributed by atoms with E-state index in [-0.39, 0.29) is 5.91 Å². The average Bonchev–Trinajstić information content (AvgIpc) is 2.67. The van der Waals surface area contributed by atoms with E-state index >= 15 is 0 Å². The molecule has 1 amide bonds. The highest BCUT2D eigenvalue weighted by Crippen LogP contribution is 2.28. The van der Waals surface area contributed by atoms with E-state index in [2.05, 4.69) is 11.9 Å². The minimum absolute atomic E-state index is 0.288. The standard InChI is InChI=1S/C21H30N2O3/c1-22-13-10-16(11-14-22)4-9-20(24)23-12-2-3-19(15-23)17-5-7-18(8-6-17)21(25)26/h5-8,16,19H,2-4,9-15H2,1H3,(H,25,26)/t19-/m0/s1. The van der Waals surface area contributed by atoms with Crippen molar-refractivity contribution in [3.05, 3.63) is 35.4 Å². The van der Waals surface area contributed by atoms with E-state index in [1.807, 2.05) is 17.0 Å². The number of carbonyl (C=O) groups excluding carboxylic acids is 1. The zero-order valence-corrected chi connectivity index (χ0v) is 15.7. The highest BCUT2D eigenvalue weighted by Gasteiger charge is 2.26. The van der Waals surface area contributed by atoms with Crippen LogP contribution in [-0.2, 0) is 4.79 Å². The van der Waals surface area contributed by atoms with E-state index in [0.29, 0.717) is 23.8 Å². The molecule has 1 aromatic carbocycles. The lowest BCUT2D eigenvalue weighted by molar-refractivity contribution is -0.132. The summed E-state index contributed by atoms with van der Waals surface area (Å²) in [6, 6.07) is 7.14. The van der Waals surface area contributed by atoms with Gasteiger partial charge in [-0.15, -0.1) is 0 Å². The van der Waals surface area contributed by atoms with E-state index in [0.717, 1.165) is 51.0 Å². The van der Waals surface area contributed by atoms with Gasteiger partial charge in [0, 0.05) is 25.4 Å². The number of benzene rings is 1. The predicted octanol–water partition coefficient (Wildman–Crippen LogP) is 3.21. The van der Waals surface area contributed by atoms with Crippen LogP contribution in [0.2, 0.25) is 0 Å². The minimum Gasteiger partial charge on any atom is -0.478 e. The molecule has 2 aliphatic heterocycles.